The maximum atomic E-state index is 12.7. The molecule has 0 bridgehead atoms. The van der Waals surface area contributed by atoms with E-state index in [1.165, 1.54) is 17.5 Å². The zero-order chi connectivity index (χ0) is 17.6. The van der Waals surface area contributed by atoms with E-state index in [0.29, 0.717) is 22.2 Å². The Bertz CT molecular complexity index is 990. The zero-order valence-corrected chi connectivity index (χ0v) is 14.8. The van der Waals surface area contributed by atoms with E-state index >= 15 is 0 Å². The standard InChI is InChI=1S/C21H24N2O2/c1-4-18-14(3)23(17-9-8-15-6-5-7-16(15)11-17)12-19(21(18)24)22-25-20-10-13(20)2/h4,8-9,11-13,20,22H,3,5-7,10H2,1-2H3/b18-4+. The number of aryl methyl sites for hydroxylation is 2. The summed E-state index contributed by atoms with van der Waals surface area (Å²) >= 11 is 0. The Balaban J connectivity index is 1.79. The van der Waals surface area contributed by atoms with Crippen LogP contribution < -0.4 is 21.5 Å². The molecule has 1 N–H and O–H groups in total. The fourth-order valence-electron chi connectivity index (χ4n) is 3.57. The van der Waals surface area contributed by atoms with Gasteiger partial charge in [0.15, 0.2) is 0 Å². The summed E-state index contributed by atoms with van der Waals surface area (Å²) in [5.41, 5.74) is 7.15. The van der Waals surface area contributed by atoms with Crippen molar-refractivity contribution in [1.29, 1.82) is 0 Å². The Morgan fingerprint density at radius 1 is 1.32 bits per heavy atom. The van der Waals surface area contributed by atoms with Gasteiger partial charge in [-0.05, 0) is 61.8 Å². The summed E-state index contributed by atoms with van der Waals surface area (Å²) in [6.07, 6.45) is 8.35. The molecule has 2 unspecified atom stereocenters. The first-order chi connectivity index (χ1) is 12.1. The summed E-state index contributed by atoms with van der Waals surface area (Å²) in [6, 6.07) is 6.52. The molecule has 2 atom stereocenters. The van der Waals surface area contributed by atoms with Crippen molar-refractivity contribution >= 4 is 18.3 Å². The summed E-state index contributed by atoms with van der Waals surface area (Å²) in [7, 11) is 0. The van der Waals surface area contributed by atoms with Crippen LogP contribution in [0.5, 0.6) is 0 Å². The van der Waals surface area contributed by atoms with Crippen LogP contribution in [-0.4, -0.2) is 10.7 Å². The molecule has 2 aliphatic rings. The third-order valence-corrected chi connectivity index (χ3v) is 5.35. The molecule has 0 saturated heterocycles. The first-order valence-electron chi connectivity index (χ1n) is 9.03. The van der Waals surface area contributed by atoms with Crippen LogP contribution in [0, 0.1) is 5.92 Å². The van der Waals surface area contributed by atoms with Crippen LogP contribution in [0.3, 0.4) is 0 Å². The molecule has 4 nitrogen and oxygen atoms in total. The molecular formula is C21H24N2O2. The number of hydrogen-bond acceptors (Lipinski definition) is 3. The lowest BCUT2D eigenvalue weighted by molar-refractivity contribution is 0.167. The Hall–Kier alpha value is -2.33. The summed E-state index contributed by atoms with van der Waals surface area (Å²) in [6.45, 7) is 8.15. The number of nitrogens with zero attached hydrogens (tertiary/aromatic N) is 1. The molecule has 1 aromatic carbocycles. The normalized spacial score (nSPS) is 22.1. The molecule has 1 saturated carbocycles. The molecule has 2 aromatic rings. The highest BCUT2D eigenvalue weighted by atomic mass is 16.7. The van der Waals surface area contributed by atoms with Gasteiger partial charge in [0, 0.05) is 22.5 Å². The summed E-state index contributed by atoms with van der Waals surface area (Å²) < 4.78 is 1.98. The number of fused-ring (bicyclic) bond motifs is 1. The molecule has 2 aliphatic carbocycles. The smallest absolute Gasteiger partial charge is 0.214 e. The topological polar surface area (TPSA) is 43.3 Å². The van der Waals surface area contributed by atoms with E-state index in [1.807, 2.05) is 17.6 Å². The van der Waals surface area contributed by atoms with E-state index < -0.39 is 0 Å². The summed E-state index contributed by atoms with van der Waals surface area (Å²) in [5, 5.41) is 1.31. The van der Waals surface area contributed by atoms with Crippen LogP contribution in [0.2, 0.25) is 0 Å². The Morgan fingerprint density at radius 2 is 2.08 bits per heavy atom. The van der Waals surface area contributed by atoms with Gasteiger partial charge in [-0.2, -0.15) is 0 Å². The third-order valence-electron chi connectivity index (χ3n) is 5.35. The average Bonchev–Trinajstić information content (AvgIpc) is 3.11. The van der Waals surface area contributed by atoms with Gasteiger partial charge in [0.1, 0.15) is 5.69 Å². The predicted octanol–water partition coefficient (Wildman–Crippen LogP) is 2.29. The van der Waals surface area contributed by atoms with E-state index in [9.17, 15) is 4.79 Å². The van der Waals surface area contributed by atoms with Crippen molar-refractivity contribution in [3.8, 4) is 5.69 Å². The summed E-state index contributed by atoms with van der Waals surface area (Å²) in [5.74, 6) is 0.552. The minimum atomic E-state index is -0.0711. The van der Waals surface area contributed by atoms with Gasteiger partial charge in [-0.3, -0.25) is 15.1 Å². The Labute approximate surface area is 147 Å². The third kappa shape index (κ3) is 2.91. The van der Waals surface area contributed by atoms with E-state index in [1.54, 1.807) is 6.20 Å². The maximum Gasteiger partial charge on any atom is 0.214 e. The van der Waals surface area contributed by atoms with Crippen molar-refractivity contribution in [3.05, 3.63) is 56.3 Å². The molecule has 4 rings (SSSR count). The molecule has 25 heavy (non-hydrogen) atoms. The van der Waals surface area contributed by atoms with Crippen molar-refractivity contribution in [2.75, 3.05) is 5.48 Å². The van der Waals surface area contributed by atoms with Crippen molar-refractivity contribution < 1.29 is 4.84 Å². The van der Waals surface area contributed by atoms with Gasteiger partial charge < -0.3 is 4.57 Å². The number of rotatable bonds is 4. The molecule has 1 fully saturated rings. The van der Waals surface area contributed by atoms with Crippen LogP contribution in [0.1, 0.15) is 37.8 Å². The molecule has 1 heterocycles. The molecule has 0 spiro atoms. The van der Waals surface area contributed by atoms with Gasteiger partial charge in [0.25, 0.3) is 0 Å². The lowest BCUT2D eigenvalue weighted by Crippen LogP contribution is -2.44. The van der Waals surface area contributed by atoms with E-state index in [0.717, 1.165) is 24.9 Å². The predicted molar refractivity (Wildman–Crippen MR) is 101 cm³/mol. The first-order valence-corrected chi connectivity index (χ1v) is 9.03. The average molecular weight is 336 g/mol. The molecule has 0 radical (unpaired) electrons. The van der Waals surface area contributed by atoms with Crippen LogP contribution in [0.4, 0.5) is 5.69 Å². The second-order valence-corrected chi connectivity index (χ2v) is 7.17. The largest absolute Gasteiger partial charge is 0.315 e. The van der Waals surface area contributed by atoms with Crippen LogP contribution >= 0.6 is 0 Å². The van der Waals surface area contributed by atoms with Crippen molar-refractivity contribution in [2.45, 2.75) is 45.6 Å². The molecule has 0 amide bonds. The van der Waals surface area contributed by atoms with Crippen LogP contribution in [-0.2, 0) is 17.7 Å². The molecule has 1 aromatic heterocycles. The fourth-order valence-corrected chi connectivity index (χ4v) is 3.57. The molecule has 4 heteroatoms. The quantitative estimate of drug-likeness (QED) is 0.871. The second-order valence-electron chi connectivity index (χ2n) is 7.17. The number of anilines is 1. The highest BCUT2D eigenvalue weighted by Crippen LogP contribution is 2.32. The number of benzene rings is 1. The Kier molecular flexibility index (Phi) is 4.00. The number of hydrogen-bond donors (Lipinski definition) is 1. The minimum Gasteiger partial charge on any atom is -0.315 e. The zero-order valence-electron chi connectivity index (χ0n) is 14.8. The number of pyridine rings is 1. The van der Waals surface area contributed by atoms with Gasteiger partial charge in [0.2, 0.25) is 5.43 Å². The van der Waals surface area contributed by atoms with Crippen LogP contribution in [0.25, 0.3) is 18.3 Å². The van der Waals surface area contributed by atoms with Gasteiger partial charge in [-0.25, -0.2) is 0 Å². The number of nitrogens with one attached hydrogen (secondary N) is 1. The SMILES string of the molecule is C=c1/c(=C\C)c(=O)c(NOC2CC2C)cn1-c1ccc2c(c1)CCC2. The first kappa shape index (κ1) is 16.2. The van der Waals surface area contributed by atoms with Crippen molar-refractivity contribution in [1.82, 2.24) is 4.57 Å². The highest BCUT2D eigenvalue weighted by Gasteiger charge is 2.34. The molecule has 0 aliphatic heterocycles. The number of aromatic nitrogens is 1. The van der Waals surface area contributed by atoms with Gasteiger partial charge in [-0.1, -0.05) is 25.6 Å². The lowest BCUT2D eigenvalue weighted by atomic mass is 10.1. The summed E-state index contributed by atoms with van der Waals surface area (Å²) in [4.78, 5) is 18.3. The lowest BCUT2D eigenvalue weighted by Gasteiger charge is -2.13. The minimum absolute atomic E-state index is 0.0711. The van der Waals surface area contributed by atoms with E-state index in [2.05, 4.69) is 37.2 Å². The fraction of sp³-hybridized carbons (Fsp3) is 0.381. The Morgan fingerprint density at radius 3 is 2.80 bits per heavy atom. The van der Waals surface area contributed by atoms with Gasteiger partial charge >= 0.3 is 0 Å². The molecule has 130 valence electrons. The van der Waals surface area contributed by atoms with Crippen molar-refractivity contribution in [2.24, 2.45) is 5.92 Å². The van der Waals surface area contributed by atoms with Crippen molar-refractivity contribution in [3.63, 3.8) is 0 Å². The van der Waals surface area contributed by atoms with Gasteiger partial charge in [0.05, 0.1) is 6.10 Å². The van der Waals surface area contributed by atoms with Gasteiger partial charge in [-0.15, -0.1) is 0 Å². The van der Waals surface area contributed by atoms with E-state index in [-0.39, 0.29) is 11.5 Å². The highest BCUT2D eigenvalue weighted by molar-refractivity contribution is 5.48. The van der Waals surface area contributed by atoms with Crippen LogP contribution in [0.15, 0.2) is 29.2 Å². The maximum absolute atomic E-state index is 12.7. The second kappa shape index (κ2) is 6.19. The van der Waals surface area contributed by atoms with E-state index in [4.69, 9.17) is 4.84 Å². The monoisotopic (exact) mass is 336 g/mol. The molecular weight excluding hydrogens is 312 g/mol.